The Morgan fingerprint density at radius 3 is 2.69 bits per heavy atom. The van der Waals surface area contributed by atoms with E-state index in [1.807, 2.05) is 0 Å². The van der Waals surface area contributed by atoms with Crippen LogP contribution in [0.4, 0.5) is 0 Å². The minimum atomic E-state index is 0.456. The quantitative estimate of drug-likeness (QED) is 0.531. The molecule has 0 aromatic rings. The van der Waals surface area contributed by atoms with Gasteiger partial charge in [0.1, 0.15) is 0 Å². The Morgan fingerprint density at radius 1 is 1.44 bits per heavy atom. The van der Waals surface area contributed by atoms with Gasteiger partial charge in [-0.2, -0.15) is 0 Å². The van der Waals surface area contributed by atoms with Gasteiger partial charge in [-0.15, -0.1) is 0 Å². The van der Waals surface area contributed by atoms with Gasteiger partial charge in [-0.25, -0.2) is 0 Å². The molecule has 1 fully saturated rings. The Hall–Kier alpha value is -0.380. The number of nitrogens with two attached hydrogens (primary N) is 1. The average molecular weight is 226 g/mol. The van der Waals surface area contributed by atoms with Gasteiger partial charge in [0.25, 0.3) is 0 Å². The maximum Gasteiger partial charge on any atom is 0.0599 e. The van der Waals surface area contributed by atoms with Crippen molar-refractivity contribution in [3.63, 3.8) is 0 Å². The first kappa shape index (κ1) is 13.7. The van der Waals surface area contributed by atoms with Gasteiger partial charge in [0.15, 0.2) is 0 Å². The lowest BCUT2D eigenvalue weighted by Gasteiger charge is -2.32. The van der Waals surface area contributed by atoms with Crippen molar-refractivity contribution in [2.24, 2.45) is 5.73 Å². The van der Waals surface area contributed by atoms with E-state index in [-0.39, 0.29) is 0 Å². The molecule has 94 valence electrons. The van der Waals surface area contributed by atoms with Crippen LogP contribution in [0, 0.1) is 0 Å². The van der Waals surface area contributed by atoms with Crippen molar-refractivity contribution in [3.05, 3.63) is 12.2 Å². The van der Waals surface area contributed by atoms with Crippen LogP contribution in [0.25, 0.3) is 0 Å². The molecule has 0 bridgehead atoms. The maximum atomic E-state index is 5.77. The summed E-state index contributed by atoms with van der Waals surface area (Å²) in [6, 6.07) is 0. The van der Waals surface area contributed by atoms with Gasteiger partial charge in [-0.05, 0) is 32.2 Å². The Kier molecular flexibility index (Phi) is 6.69. The molecule has 1 saturated heterocycles. The van der Waals surface area contributed by atoms with Crippen molar-refractivity contribution in [1.82, 2.24) is 4.90 Å². The molecule has 0 aliphatic carbocycles. The highest BCUT2D eigenvalue weighted by atomic mass is 16.5. The fourth-order valence-corrected chi connectivity index (χ4v) is 2.00. The number of nitrogens with zero attached hydrogens (tertiary/aromatic N) is 1. The SMILES string of the molecule is C=C(CC)CN1CCC(OCCCN)CC1. The van der Waals surface area contributed by atoms with Gasteiger partial charge in [-0.1, -0.05) is 19.1 Å². The van der Waals surface area contributed by atoms with E-state index < -0.39 is 0 Å². The van der Waals surface area contributed by atoms with Crippen LogP contribution in [0.2, 0.25) is 0 Å². The number of rotatable bonds is 7. The van der Waals surface area contributed by atoms with Crippen molar-refractivity contribution in [2.45, 2.75) is 38.7 Å². The van der Waals surface area contributed by atoms with Crippen LogP contribution >= 0.6 is 0 Å². The Morgan fingerprint density at radius 2 is 2.12 bits per heavy atom. The Labute approximate surface area is 99.6 Å². The van der Waals surface area contributed by atoms with Crippen LogP contribution in [0.15, 0.2) is 12.2 Å². The summed E-state index contributed by atoms with van der Waals surface area (Å²) in [4.78, 5) is 2.48. The molecule has 1 aliphatic rings. The van der Waals surface area contributed by atoms with Gasteiger partial charge in [-0.3, -0.25) is 4.90 Å². The Balaban J connectivity index is 2.11. The standard InChI is InChI=1S/C13H26N2O/c1-3-12(2)11-15-8-5-13(6-9-15)16-10-4-7-14/h13H,2-11,14H2,1H3. The molecule has 0 atom stereocenters. The number of piperidine rings is 1. The van der Waals surface area contributed by atoms with E-state index in [0.29, 0.717) is 6.10 Å². The van der Waals surface area contributed by atoms with Crippen LogP contribution in [-0.4, -0.2) is 43.8 Å². The third-order valence-electron chi connectivity index (χ3n) is 3.18. The summed E-state index contributed by atoms with van der Waals surface area (Å²) < 4.78 is 5.77. The largest absolute Gasteiger partial charge is 0.378 e. The van der Waals surface area contributed by atoms with E-state index in [9.17, 15) is 0 Å². The van der Waals surface area contributed by atoms with E-state index >= 15 is 0 Å². The van der Waals surface area contributed by atoms with Gasteiger partial charge >= 0.3 is 0 Å². The molecule has 1 rings (SSSR count). The second-order valence-electron chi connectivity index (χ2n) is 4.59. The topological polar surface area (TPSA) is 38.5 Å². The summed E-state index contributed by atoms with van der Waals surface area (Å²) in [7, 11) is 0. The van der Waals surface area contributed by atoms with Crippen molar-refractivity contribution >= 4 is 0 Å². The highest BCUT2D eigenvalue weighted by Crippen LogP contribution is 2.15. The monoisotopic (exact) mass is 226 g/mol. The zero-order valence-electron chi connectivity index (χ0n) is 10.6. The van der Waals surface area contributed by atoms with Crippen molar-refractivity contribution in [1.29, 1.82) is 0 Å². The lowest BCUT2D eigenvalue weighted by Crippen LogP contribution is -2.38. The van der Waals surface area contributed by atoms with Crippen LogP contribution in [0.5, 0.6) is 0 Å². The number of likely N-dealkylation sites (tertiary alicyclic amines) is 1. The van der Waals surface area contributed by atoms with Crippen molar-refractivity contribution in [2.75, 3.05) is 32.8 Å². The number of ether oxygens (including phenoxy) is 1. The van der Waals surface area contributed by atoms with Crippen LogP contribution in [0.1, 0.15) is 32.6 Å². The second kappa shape index (κ2) is 7.82. The van der Waals surface area contributed by atoms with Gasteiger partial charge in [0.05, 0.1) is 6.10 Å². The highest BCUT2D eigenvalue weighted by molar-refractivity contribution is 4.96. The summed E-state index contributed by atoms with van der Waals surface area (Å²) in [5.41, 5.74) is 6.77. The fourth-order valence-electron chi connectivity index (χ4n) is 2.00. The van der Waals surface area contributed by atoms with Crippen molar-refractivity contribution < 1.29 is 4.74 Å². The third kappa shape index (κ3) is 5.10. The molecule has 1 aliphatic heterocycles. The Bertz CT molecular complexity index is 198. The molecule has 16 heavy (non-hydrogen) atoms. The third-order valence-corrected chi connectivity index (χ3v) is 3.18. The fraction of sp³-hybridized carbons (Fsp3) is 0.846. The van der Waals surface area contributed by atoms with E-state index in [0.717, 1.165) is 58.5 Å². The van der Waals surface area contributed by atoms with E-state index in [1.165, 1.54) is 5.57 Å². The molecule has 3 heteroatoms. The molecule has 0 aromatic heterocycles. The first-order valence-electron chi connectivity index (χ1n) is 6.47. The van der Waals surface area contributed by atoms with Gasteiger partial charge in [0.2, 0.25) is 0 Å². The minimum Gasteiger partial charge on any atom is -0.378 e. The smallest absolute Gasteiger partial charge is 0.0599 e. The molecule has 0 spiro atoms. The molecule has 0 aromatic carbocycles. The molecular formula is C13H26N2O. The lowest BCUT2D eigenvalue weighted by molar-refractivity contribution is 0.00897. The zero-order chi connectivity index (χ0) is 11.8. The number of hydrogen-bond donors (Lipinski definition) is 1. The number of hydrogen-bond acceptors (Lipinski definition) is 3. The van der Waals surface area contributed by atoms with Gasteiger partial charge in [0, 0.05) is 26.2 Å². The zero-order valence-corrected chi connectivity index (χ0v) is 10.6. The molecule has 0 saturated carbocycles. The molecule has 1 heterocycles. The normalized spacial score (nSPS) is 18.9. The summed E-state index contributed by atoms with van der Waals surface area (Å²) >= 11 is 0. The molecule has 0 amide bonds. The lowest BCUT2D eigenvalue weighted by atomic mass is 10.1. The van der Waals surface area contributed by atoms with Gasteiger partial charge < -0.3 is 10.5 Å². The summed E-state index contributed by atoms with van der Waals surface area (Å²) in [6.07, 6.45) is 4.83. The van der Waals surface area contributed by atoms with Crippen LogP contribution < -0.4 is 5.73 Å². The van der Waals surface area contributed by atoms with E-state index in [2.05, 4.69) is 18.4 Å². The van der Waals surface area contributed by atoms with Crippen molar-refractivity contribution in [3.8, 4) is 0 Å². The molecule has 0 unspecified atom stereocenters. The summed E-state index contributed by atoms with van der Waals surface area (Å²) in [5.74, 6) is 0. The molecule has 0 radical (unpaired) electrons. The van der Waals surface area contributed by atoms with Crippen LogP contribution in [-0.2, 0) is 4.74 Å². The molecular weight excluding hydrogens is 200 g/mol. The summed E-state index contributed by atoms with van der Waals surface area (Å²) in [6.45, 7) is 11.1. The first-order chi connectivity index (χ1) is 7.76. The predicted molar refractivity (Wildman–Crippen MR) is 68.5 cm³/mol. The maximum absolute atomic E-state index is 5.77. The minimum absolute atomic E-state index is 0.456. The van der Waals surface area contributed by atoms with E-state index in [4.69, 9.17) is 10.5 Å². The molecule has 2 N–H and O–H groups in total. The molecule has 3 nitrogen and oxygen atoms in total. The second-order valence-corrected chi connectivity index (χ2v) is 4.59. The highest BCUT2D eigenvalue weighted by Gasteiger charge is 2.19. The summed E-state index contributed by atoms with van der Waals surface area (Å²) in [5, 5.41) is 0. The van der Waals surface area contributed by atoms with E-state index in [1.54, 1.807) is 0 Å². The average Bonchev–Trinajstić information content (AvgIpc) is 2.31. The van der Waals surface area contributed by atoms with Crippen LogP contribution in [0.3, 0.4) is 0 Å². The first-order valence-corrected chi connectivity index (χ1v) is 6.47. The predicted octanol–water partition coefficient (Wildman–Crippen LogP) is 1.78.